The number of aryl methyl sites for hydroxylation is 2. The first kappa shape index (κ1) is 20.3. The molecule has 31 heavy (non-hydrogen) atoms. The smallest absolute Gasteiger partial charge is 0.297 e. The number of benzene rings is 2. The van der Waals surface area contributed by atoms with Crippen molar-refractivity contribution in [2.24, 2.45) is 0 Å². The van der Waals surface area contributed by atoms with Gasteiger partial charge in [0.1, 0.15) is 23.7 Å². The third-order valence-electron chi connectivity index (χ3n) is 5.00. The molecule has 0 spiro atoms. The minimum Gasteiger partial charge on any atom is -0.497 e. The molecule has 0 unspecified atom stereocenters. The van der Waals surface area contributed by atoms with Crippen molar-refractivity contribution in [2.45, 2.75) is 26.9 Å². The lowest BCUT2D eigenvalue weighted by molar-refractivity contribution is -0.122. The van der Waals surface area contributed by atoms with Gasteiger partial charge in [0.15, 0.2) is 5.52 Å². The number of nitrogens with zero attached hydrogens (tertiary/aromatic N) is 3. The minimum absolute atomic E-state index is 0.136. The number of aromatic nitrogens is 3. The molecule has 1 N–H and O–H groups in total. The van der Waals surface area contributed by atoms with Crippen LogP contribution in [0.5, 0.6) is 5.75 Å². The van der Waals surface area contributed by atoms with Crippen LogP contribution < -0.4 is 15.6 Å². The number of methoxy groups -OCH3 is 1. The molecule has 4 aromatic rings. The number of carbonyl (C=O) groups is 1. The van der Waals surface area contributed by atoms with Crippen molar-refractivity contribution >= 4 is 16.8 Å². The Labute approximate surface area is 178 Å². The van der Waals surface area contributed by atoms with E-state index in [4.69, 9.17) is 9.26 Å². The van der Waals surface area contributed by atoms with E-state index in [0.29, 0.717) is 29.1 Å². The Bertz CT molecular complexity index is 1310. The van der Waals surface area contributed by atoms with Crippen molar-refractivity contribution in [3.8, 4) is 17.0 Å². The molecular formula is C23H22N4O4. The molecule has 0 aliphatic carbocycles. The van der Waals surface area contributed by atoms with E-state index in [0.717, 1.165) is 21.4 Å². The molecule has 0 aliphatic heterocycles. The molecule has 0 radical (unpaired) electrons. The highest BCUT2D eigenvalue weighted by Gasteiger charge is 2.20. The van der Waals surface area contributed by atoms with Gasteiger partial charge in [-0.2, -0.15) is 5.10 Å². The fourth-order valence-corrected chi connectivity index (χ4v) is 3.31. The van der Waals surface area contributed by atoms with Crippen molar-refractivity contribution in [2.75, 3.05) is 7.11 Å². The summed E-state index contributed by atoms with van der Waals surface area (Å²) in [6.45, 7) is 3.85. The normalized spacial score (nSPS) is 10.9. The molecule has 0 bridgehead atoms. The van der Waals surface area contributed by atoms with E-state index in [1.807, 2.05) is 49.4 Å². The number of nitrogens with one attached hydrogen (secondary N) is 1. The summed E-state index contributed by atoms with van der Waals surface area (Å²) in [6.07, 6.45) is 0. The van der Waals surface area contributed by atoms with Gasteiger partial charge >= 0.3 is 0 Å². The molecule has 158 valence electrons. The third kappa shape index (κ3) is 4.18. The van der Waals surface area contributed by atoms with E-state index in [1.54, 1.807) is 20.1 Å². The lowest BCUT2D eigenvalue weighted by Crippen LogP contribution is -2.33. The summed E-state index contributed by atoms with van der Waals surface area (Å²) in [5, 5.41) is 11.7. The van der Waals surface area contributed by atoms with Gasteiger partial charge in [-0.3, -0.25) is 9.59 Å². The van der Waals surface area contributed by atoms with E-state index >= 15 is 0 Å². The van der Waals surface area contributed by atoms with Crippen LogP contribution >= 0.6 is 0 Å². The third-order valence-corrected chi connectivity index (χ3v) is 5.00. The highest BCUT2D eigenvalue weighted by atomic mass is 16.5. The number of carbonyl (C=O) groups excluding carboxylic acids is 1. The summed E-state index contributed by atoms with van der Waals surface area (Å²) in [6, 6.07) is 15.2. The van der Waals surface area contributed by atoms with Gasteiger partial charge in [0.25, 0.3) is 5.56 Å². The first-order valence-corrected chi connectivity index (χ1v) is 9.80. The molecule has 0 saturated carbocycles. The summed E-state index contributed by atoms with van der Waals surface area (Å²) in [5.41, 5.74) is 3.00. The summed E-state index contributed by atoms with van der Waals surface area (Å²) in [7, 11) is 1.58. The SMILES string of the molecule is COc1cccc(-c2nn(CC(=O)NCc3ccc(C)cc3)c(=O)c3noc(C)c23)c1. The fraction of sp³-hybridized carbons (Fsp3) is 0.217. The quantitative estimate of drug-likeness (QED) is 0.517. The molecule has 8 heteroatoms. The topological polar surface area (TPSA) is 99.2 Å². The minimum atomic E-state index is -0.482. The van der Waals surface area contributed by atoms with Crippen LogP contribution in [0.4, 0.5) is 0 Å². The highest BCUT2D eigenvalue weighted by molar-refractivity contribution is 5.93. The zero-order valence-corrected chi connectivity index (χ0v) is 17.5. The second-order valence-electron chi connectivity index (χ2n) is 7.27. The van der Waals surface area contributed by atoms with Crippen LogP contribution in [0.25, 0.3) is 22.2 Å². The van der Waals surface area contributed by atoms with Gasteiger partial charge < -0.3 is 14.6 Å². The molecular weight excluding hydrogens is 396 g/mol. The Morgan fingerprint density at radius 3 is 2.68 bits per heavy atom. The Morgan fingerprint density at radius 1 is 1.16 bits per heavy atom. The van der Waals surface area contributed by atoms with E-state index in [1.165, 1.54) is 0 Å². The van der Waals surface area contributed by atoms with Crippen LogP contribution in [0.3, 0.4) is 0 Å². The molecule has 0 saturated heterocycles. The van der Waals surface area contributed by atoms with Gasteiger partial charge in [0.05, 0.1) is 12.5 Å². The first-order valence-electron chi connectivity index (χ1n) is 9.80. The van der Waals surface area contributed by atoms with Crippen molar-refractivity contribution < 1.29 is 14.1 Å². The lowest BCUT2D eigenvalue weighted by atomic mass is 10.1. The zero-order chi connectivity index (χ0) is 22.0. The van der Waals surface area contributed by atoms with Crippen LogP contribution in [-0.2, 0) is 17.9 Å². The van der Waals surface area contributed by atoms with Crippen molar-refractivity contribution in [3.63, 3.8) is 0 Å². The highest BCUT2D eigenvalue weighted by Crippen LogP contribution is 2.29. The van der Waals surface area contributed by atoms with Crippen molar-refractivity contribution in [3.05, 3.63) is 75.8 Å². The molecule has 2 aromatic heterocycles. The maximum absolute atomic E-state index is 12.9. The number of ether oxygens (including phenoxy) is 1. The van der Waals surface area contributed by atoms with Gasteiger partial charge in [-0.15, -0.1) is 0 Å². The maximum atomic E-state index is 12.9. The van der Waals surface area contributed by atoms with Gasteiger partial charge in [0, 0.05) is 12.1 Å². The van der Waals surface area contributed by atoms with Crippen LogP contribution in [0.2, 0.25) is 0 Å². The Kier molecular flexibility index (Phi) is 5.53. The maximum Gasteiger partial charge on any atom is 0.297 e. The first-order chi connectivity index (χ1) is 15.0. The predicted molar refractivity (Wildman–Crippen MR) is 116 cm³/mol. The number of hydrogen-bond acceptors (Lipinski definition) is 6. The molecule has 4 rings (SSSR count). The van der Waals surface area contributed by atoms with Crippen molar-refractivity contribution in [1.82, 2.24) is 20.3 Å². The van der Waals surface area contributed by atoms with Gasteiger partial charge in [-0.25, -0.2) is 4.68 Å². The van der Waals surface area contributed by atoms with Gasteiger partial charge in [0.2, 0.25) is 5.91 Å². The second kappa shape index (κ2) is 8.43. The van der Waals surface area contributed by atoms with Crippen molar-refractivity contribution in [1.29, 1.82) is 0 Å². The molecule has 0 aliphatic rings. The van der Waals surface area contributed by atoms with Gasteiger partial charge in [-0.1, -0.05) is 47.1 Å². The standard InChI is InChI=1S/C23H22N4O4/c1-14-7-9-16(10-8-14)12-24-19(28)13-27-23(29)22-20(15(2)31-26-22)21(25-27)17-5-4-6-18(11-17)30-3/h4-11H,12-13H2,1-3H3,(H,24,28). The van der Waals surface area contributed by atoms with Crippen LogP contribution in [-0.4, -0.2) is 28.0 Å². The summed E-state index contributed by atoms with van der Waals surface area (Å²) in [4.78, 5) is 25.4. The molecule has 8 nitrogen and oxygen atoms in total. The number of fused-ring (bicyclic) bond motifs is 1. The monoisotopic (exact) mass is 418 g/mol. The van der Waals surface area contributed by atoms with E-state index < -0.39 is 5.56 Å². The number of rotatable bonds is 6. The van der Waals surface area contributed by atoms with Crippen LogP contribution in [0, 0.1) is 13.8 Å². The van der Waals surface area contributed by atoms with Gasteiger partial charge in [-0.05, 0) is 31.5 Å². The molecule has 2 heterocycles. The largest absolute Gasteiger partial charge is 0.497 e. The van der Waals surface area contributed by atoms with E-state index in [2.05, 4.69) is 15.6 Å². The zero-order valence-electron chi connectivity index (χ0n) is 17.5. The summed E-state index contributed by atoms with van der Waals surface area (Å²) < 4.78 is 11.7. The lowest BCUT2D eigenvalue weighted by Gasteiger charge is -2.10. The Hall–Kier alpha value is -3.94. The average Bonchev–Trinajstić information content (AvgIpc) is 3.17. The van der Waals surface area contributed by atoms with E-state index in [-0.39, 0.29) is 18.0 Å². The van der Waals surface area contributed by atoms with Crippen LogP contribution in [0.1, 0.15) is 16.9 Å². The fourth-order valence-electron chi connectivity index (χ4n) is 3.31. The summed E-state index contributed by atoms with van der Waals surface area (Å²) >= 11 is 0. The van der Waals surface area contributed by atoms with E-state index in [9.17, 15) is 9.59 Å². The number of amides is 1. The average molecular weight is 418 g/mol. The Morgan fingerprint density at radius 2 is 1.94 bits per heavy atom. The molecule has 1 amide bonds. The molecule has 0 fully saturated rings. The molecule has 2 aromatic carbocycles. The summed E-state index contributed by atoms with van der Waals surface area (Å²) in [5.74, 6) is 0.801. The number of hydrogen-bond donors (Lipinski definition) is 1. The molecule has 0 atom stereocenters. The predicted octanol–water partition coefficient (Wildman–Crippen LogP) is 2.99. The second-order valence-corrected chi connectivity index (χ2v) is 7.27. The van der Waals surface area contributed by atoms with Crippen LogP contribution in [0.15, 0.2) is 57.8 Å². The Balaban J connectivity index is 1.66.